The lowest BCUT2D eigenvalue weighted by atomic mass is 10.3. The molecule has 0 heterocycles. The first-order chi connectivity index (χ1) is 6.47. The normalized spacial score (nSPS) is 11.4. The Bertz CT molecular complexity index is 277. The maximum atomic E-state index is 12.4. The molecule has 0 saturated heterocycles. The van der Waals surface area contributed by atoms with Gasteiger partial charge in [0.05, 0.1) is 6.61 Å². The second-order valence-electron chi connectivity index (χ2n) is 3.16. The number of ether oxygens (including phenoxy) is 1. The van der Waals surface area contributed by atoms with Gasteiger partial charge in [-0.2, -0.15) is 0 Å². The number of phenolic OH excluding ortho intramolecular Hbond substituents is 1. The van der Waals surface area contributed by atoms with Crippen molar-refractivity contribution in [1.29, 1.82) is 0 Å². The molecule has 4 heteroatoms. The molecular formula is C10H12F2O2. The molecule has 1 aromatic carbocycles. The van der Waals surface area contributed by atoms with Crippen molar-refractivity contribution in [3.63, 3.8) is 0 Å². The zero-order valence-electron chi connectivity index (χ0n) is 7.84. The van der Waals surface area contributed by atoms with E-state index in [4.69, 9.17) is 9.84 Å². The van der Waals surface area contributed by atoms with Crippen molar-refractivity contribution in [3.8, 4) is 11.5 Å². The molecule has 0 radical (unpaired) electrons. The van der Waals surface area contributed by atoms with Crippen LogP contribution in [-0.2, 0) is 0 Å². The van der Waals surface area contributed by atoms with E-state index in [2.05, 4.69) is 0 Å². The van der Waals surface area contributed by atoms with Crippen LogP contribution < -0.4 is 4.74 Å². The third-order valence-electron chi connectivity index (χ3n) is 1.65. The number of aromatic hydroxyl groups is 1. The molecule has 78 valence electrons. The summed E-state index contributed by atoms with van der Waals surface area (Å²) >= 11 is 0. The van der Waals surface area contributed by atoms with E-state index >= 15 is 0 Å². The van der Waals surface area contributed by atoms with Gasteiger partial charge in [-0.05, 0) is 31.2 Å². The molecule has 0 unspecified atom stereocenters. The van der Waals surface area contributed by atoms with Gasteiger partial charge < -0.3 is 9.84 Å². The van der Waals surface area contributed by atoms with Crippen LogP contribution in [0, 0.1) is 0 Å². The Kier molecular flexibility index (Phi) is 3.28. The van der Waals surface area contributed by atoms with E-state index in [0.29, 0.717) is 5.75 Å². The van der Waals surface area contributed by atoms with Crippen molar-refractivity contribution in [1.82, 2.24) is 0 Å². The second-order valence-corrected chi connectivity index (χ2v) is 3.16. The van der Waals surface area contributed by atoms with Gasteiger partial charge >= 0.3 is 0 Å². The van der Waals surface area contributed by atoms with Crippen molar-refractivity contribution >= 4 is 0 Å². The largest absolute Gasteiger partial charge is 0.508 e. The van der Waals surface area contributed by atoms with E-state index in [1.165, 1.54) is 24.3 Å². The monoisotopic (exact) mass is 202 g/mol. The van der Waals surface area contributed by atoms with Gasteiger partial charge in [0, 0.05) is 6.42 Å². The molecule has 0 bridgehead atoms. The van der Waals surface area contributed by atoms with Gasteiger partial charge in [-0.15, -0.1) is 0 Å². The number of rotatable bonds is 4. The Labute approximate surface area is 81.1 Å². The van der Waals surface area contributed by atoms with Crippen molar-refractivity contribution in [2.75, 3.05) is 6.61 Å². The molecule has 2 nitrogen and oxygen atoms in total. The molecule has 0 aliphatic carbocycles. The number of hydrogen-bond donors (Lipinski definition) is 1. The summed E-state index contributed by atoms with van der Waals surface area (Å²) in [5.74, 6) is -2.10. The Hall–Kier alpha value is -1.32. The SMILES string of the molecule is CC(F)(F)CCOc1ccc(O)cc1. The molecule has 0 amide bonds. The van der Waals surface area contributed by atoms with Crippen LogP contribution in [0.5, 0.6) is 11.5 Å². The van der Waals surface area contributed by atoms with Crippen molar-refractivity contribution in [2.45, 2.75) is 19.3 Å². The summed E-state index contributed by atoms with van der Waals surface area (Å²) in [6.45, 7) is 0.821. The Balaban J connectivity index is 2.35. The highest BCUT2D eigenvalue weighted by Crippen LogP contribution is 2.19. The van der Waals surface area contributed by atoms with Gasteiger partial charge in [-0.25, -0.2) is 8.78 Å². The summed E-state index contributed by atoms with van der Waals surface area (Å²) in [5, 5.41) is 8.94. The average molecular weight is 202 g/mol. The fourth-order valence-electron chi connectivity index (χ4n) is 0.890. The first-order valence-corrected chi connectivity index (χ1v) is 4.27. The number of alkyl halides is 2. The lowest BCUT2D eigenvalue weighted by Crippen LogP contribution is -2.14. The summed E-state index contributed by atoms with van der Waals surface area (Å²) in [5.41, 5.74) is 0. The molecule has 0 saturated carbocycles. The standard InChI is InChI=1S/C10H12F2O2/c1-10(11,12)6-7-14-9-4-2-8(13)3-5-9/h2-5,13H,6-7H2,1H3. The zero-order chi connectivity index (χ0) is 10.6. The summed E-state index contributed by atoms with van der Waals surface area (Å²) in [4.78, 5) is 0. The van der Waals surface area contributed by atoms with Gasteiger partial charge in [0.2, 0.25) is 5.92 Å². The molecule has 0 aliphatic heterocycles. The minimum absolute atomic E-state index is 0.0335. The van der Waals surface area contributed by atoms with Crippen LogP contribution in [0.3, 0.4) is 0 Å². The Morgan fingerprint density at radius 3 is 2.36 bits per heavy atom. The van der Waals surface area contributed by atoms with E-state index in [0.717, 1.165) is 6.92 Å². The molecule has 0 atom stereocenters. The fourth-order valence-corrected chi connectivity index (χ4v) is 0.890. The van der Waals surface area contributed by atoms with Gasteiger partial charge in [-0.3, -0.25) is 0 Å². The van der Waals surface area contributed by atoms with Crippen LogP contribution in [-0.4, -0.2) is 17.6 Å². The predicted octanol–water partition coefficient (Wildman–Crippen LogP) is 2.82. The highest BCUT2D eigenvalue weighted by atomic mass is 19.3. The fraction of sp³-hybridized carbons (Fsp3) is 0.400. The van der Waals surface area contributed by atoms with Crippen LogP contribution in [0.1, 0.15) is 13.3 Å². The number of phenols is 1. The molecule has 0 fully saturated rings. The first kappa shape index (κ1) is 10.8. The predicted molar refractivity (Wildman–Crippen MR) is 48.8 cm³/mol. The maximum absolute atomic E-state index is 12.4. The number of benzene rings is 1. The van der Waals surface area contributed by atoms with Crippen LogP contribution in [0.25, 0.3) is 0 Å². The zero-order valence-corrected chi connectivity index (χ0v) is 7.84. The Morgan fingerprint density at radius 2 is 1.86 bits per heavy atom. The van der Waals surface area contributed by atoms with Crippen molar-refractivity contribution in [3.05, 3.63) is 24.3 Å². The van der Waals surface area contributed by atoms with Crippen LogP contribution in [0.15, 0.2) is 24.3 Å². The highest BCUT2D eigenvalue weighted by Gasteiger charge is 2.20. The minimum atomic E-state index is -2.70. The smallest absolute Gasteiger partial charge is 0.248 e. The number of halogens is 2. The molecule has 0 aromatic heterocycles. The lowest BCUT2D eigenvalue weighted by Gasteiger charge is -2.10. The highest BCUT2D eigenvalue weighted by molar-refractivity contribution is 5.29. The molecule has 1 rings (SSSR count). The van der Waals surface area contributed by atoms with Crippen LogP contribution >= 0.6 is 0 Å². The molecule has 14 heavy (non-hydrogen) atoms. The molecule has 1 N–H and O–H groups in total. The lowest BCUT2D eigenvalue weighted by molar-refractivity contribution is 0.000856. The summed E-state index contributed by atoms with van der Waals surface area (Å²) in [6, 6.07) is 5.95. The third-order valence-corrected chi connectivity index (χ3v) is 1.65. The summed E-state index contributed by atoms with van der Waals surface area (Å²) in [7, 11) is 0. The van der Waals surface area contributed by atoms with Gasteiger partial charge in [0.25, 0.3) is 0 Å². The van der Waals surface area contributed by atoms with Gasteiger partial charge in [0.15, 0.2) is 0 Å². The van der Waals surface area contributed by atoms with Crippen molar-refractivity contribution in [2.24, 2.45) is 0 Å². The number of hydrogen-bond acceptors (Lipinski definition) is 2. The van der Waals surface area contributed by atoms with E-state index in [1.54, 1.807) is 0 Å². The van der Waals surface area contributed by atoms with E-state index in [1.807, 2.05) is 0 Å². The van der Waals surface area contributed by atoms with Crippen molar-refractivity contribution < 1.29 is 18.6 Å². The van der Waals surface area contributed by atoms with E-state index < -0.39 is 5.92 Å². The van der Waals surface area contributed by atoms with Crippen LogP contribution in [0.2, 0.25) is 0 Å². The second kappa shape index (κ2) is 4.26. The topological polar surface area (TPSA) is 29.5 Å². The molecule has 0 spiro atoms. The van der Waals surface area contributed by atoms with Crippen LogP contribution in [0.4, 0.5) is 8.78 Å². The van der Waals surface area contributed by atoms with E-state index in [9.17, 15) is 8.78 Å². The third kappa shape index (κ3) is 4.07. The van der Waals surface area contributed by atoms with Gasteiger partial charge in [0.1, 0.15) is 11.5 Å². The summed E-state index contributed by atoms with van der Waals surface area (Å²) < 4.78 is 29.8. The average Bonchev–Trinajstić information content (AvgIpc) is 2.06. The first-order valence-electron chi connectivity index (χ1n) is 4.27. The molecule has 1 aromatic rings. The van der Waals surface area contributed by atoms with Gasteiger partial charge in [-0.1, -0.05) is 0 Å². The molecule has 0 aliphatic rings. The Morgan fingerprint density at radius 1 is 1.29 bits per heavy atom. The van der Waals surface area contributed by atoms with E-state index in [-0.39, 0.29) is 18.8 Å². The quantitative estimate of drug-likeness (QED) is 0.813. The maximum Gasteiger partial charge on any atom is 0.248 e. The summed E-state index contributed by atoms with van der Waals surface area (Å²) in [6.07, 6.45) is -0.312. The minimum Gasteiger partial charge on any atom is -0.508 e. The molecular weight excluding hydrogens is 190 g/mol.